The maximum absolute atomic E-state index is 13.1. The summed E-state index contributed by atoms with van der Waals surface area (Å²) in [6, 6.07) is 13.6. The molecule has 0 saturated carbocycles. The van der Waals surface area contributed by atoms with Crippen LogP contribution in [0, 0.1) is 6.92 Å². The van der Waals surface area contributed by atoms with Gasteiger partial charge < -0.3 is 10.6 Å². The van der Waals surface area contributed by atoms with Crippen molar-refractivity contribution in [2.24, 2.45) is 7.05 Å². The Bertz CT molecular complexity index is 1660. The molecule has 2 amide bonds. The van der Waals surface area contributed by atoms with Crippen LogP contribution < -0.4 is 10.6 Å². The molecule has 1 aromatic carbocycles. The summed E-state index contributed by atoms with van der Waals surface area (Å²) >= 11 is 0. The third-order valence-electron chi connectivity index (χ3n) is 6.54. The first kappa shape index (κ1) is 23.5. The van der Waals surface area contributed by atoms with Gasteiger partial charge in [-0.05, 0) is 41.8 Å². The van der Waals surface area contributed by atoms with Gasteiger partial charge in [0.15, 0.2) is 5.65 Å². The summed E-state index contributed by atoms with van der Waals surface area (Å²) < 4.78 is 3.35. The van der Waals surface area contributed by atoms with Crippen LogP contribution in [-0.4, -0.2) is 52.6 Å². The average molecular weight is 508 g/mol. The van der Waals surface area contributed by atoms with Crippen LogP contribution in [0.2, 0.25) is 0 Å². The van der Waals surface area contributed by atoms with E-state index in [2.05, 4.69) is 47.9 Å². The van der Waals surface area contributed by atoms with Crippen LogP contribution in [0.1, 0.15) is 27.4 Å². The number of hydrogen-bond donors (Lipinski definition) is 2. The molecule has 0 spiro atoms. The van der Waals surface area contributed by atoms with Gasteiger partial charge >= 0.3 is 0 Å². The number of anilines is 2. The number of nitrogens with one attached hydrogen (secondary N) is 2. The van der Waals surface area contributed by atoms with Crippen LogP contribution in [0.15, 0.2) is 67.3 Å². The topological polar surface area (TPSA) is 122 Å². The lowest BCUT2D eigenvalue weighted by Crippen LogP contribution is -2.29. The minimum absolute atomic E-state index is 0.139. The average Bonchev–Trinajstić information content (AvgIpc) is 3.63. The molecule has 0 aliphatic carbocycles. The highest BCUT2D eigenvalue weighted by atomic mass is 16.2. The highest BCUT2D eigenvalue weighted by Crippen LogP contribution is 2.23. The van der Waals surface area contributed by atoms with Crippen molar-refractivity contribution < 1.29 is 9.59 Å². The summed E-state index contributed by atoms with van der Waals surface area (Å²) in [4.78, 5) is 32.2. The second-order valence-corrected chi connectivity index (χ2v) is 9.34. The fraction of sp³-hybridized carbons (Fsp3) is 0.185. The molecule has 0 unspecified atom stereocenters. The Morgan fingerprint density at radius 2 is 1.76 bits per heavy atom. The Kier molecular flexibility index (Phi) is 5.89. The Morgan fingerprint density at radius 3 is 2.50 bits per heavy atom. The van der Waals surface area contributed by atoms with Gasteiger partial charge in [-0.2, -0.15) is 5.10 Å². The molecular weight excluding hydrogens is 482 g/mol. The zero-order chi connectivity index (χ0) is 26.2. The van der Waals surface area contributed by atoms with Gasteiger partial charge in [-0.15, -0.1) is 10.2 Å². The summed E-state index contributed by atoms with van der Waals surface area (Å²) in [6.45, 7) is 3.53. The zero-order valence-electron chi connectivity index (χ0n) is 20.9. The number of pyridine rings is 2. The number of benzene rings is 1. The highest BCUT2D eigenvalue weighted by molar-refractivity contribution is 6.03. The molecule has 4 aromatic heterocycles. The lowest BCUT2D eigenvalue weighted by molar-refractivity contribution is -0.117. The Morgan fingerprint density at radius 1 is 0.974 bits per heavy atom. The van der Waals surface area contributed by atoms with E-state index < -0.39 is 5.91 Å². The summed E-state index contributed by atoms with van der Waals surface area (Å²) in [7, 11) is 1.85. The molecule has 0 radical (unpaired) electrons. The first-order chi connectivity index (χ1) is 18.4. The van der Waals surface area contributed by atoms with Crippen molar-refractivity contribution in [1.82, 2.24) is 34.3 Å². The maximum Gasteiger partial charge on any atom is 0.294 e. The van der Waals surface area contributed by atoms with Crippen LogP contribution in [0.4, 0.5) is 11.4 Å². The predicted molar refractivity (Wildman–Crippen MR) is 141 cm³/mol. The lowest BCUT2D eigenvalue weighted by atomic mass is 10.1. The normalized spacial score (nSPS) is 13.0. The third-order valence-corrected chi connectivity index (χ3v) is 6.54. The molecule has 11 nitrogen and oxygen atoms in total. The van der Waals surface area contributed by atoms with Gasteiger partial charge in [0.05, 0.1) is 36.0 Å². The highest BCUT2D eigenvalue weighted by Gasteiger charge is 2.21. The zero-order valence-corrected chi connectivity index (χ0v) is 20.9. The predicted octanol–water partition coefficient (Wildman–Crippen LogP) is 3.04. The van der Waals surface area contributed by atoms with E-state index in [9.17, 15) is 9.59 Å². The Labute approximate surface area is 218 Å². The number of carbonyl (C=O) groups is 2. The van der Waals surface area contributed by atoms with Gasteiger partial charge in [0.2, 0.25) is 11.7 Å². The van der Waals surface area contributed by atoms with Crippen LogP contribution >= 0.6 is 0 Å². The molecule has 0 atom stereocenters. The van der Waals surface area contributed by atoms with Crippen molar-refractivity contribution >= 4 is 28.8 Å². The van der Waals surface area contributed by atoms with Crippen LogP contribution in [0.5, 0.6) is 0 Å². The van der Waals surface area contributed by atoms with Crippen LogP contribution in [-0.2, 0) is 24.9 Å². The number of carbonyl (C=O) groups excluding carboxylic acids is 2. The summed E-state index contributed by atoms with van der Waals surface area (Å²) in [5, 5.41) is 18.2. The van der Waals surface area contributed by atoms with Crippen molar-refractivity contribution in [1.29, 1.82) is 0 Å². The van der Waals surface area contributed by atoms with Gasteiger partial charge in [0.25, 0.3) is 5.91 Å². The first-order valence-corrected chi connectivity index (χ1v) is 12.1. The first-order valence-electron chi connectivity index (χ1n) is 12.1. The molecule has 2 N–H and O–H groups in total. The number of rotatable bonds is 6. The van der Waals surface area contributed by atoms with E-state index in [4.69, 9.17) is 0 Å². The number of nitrogens with zero attached hydrogens (tertiary/aromatic N) is 7. The minimum atomic E-state index is -0.435. The van der Waals surface area contributed by atoms with E-state index in [1.165, 1.54) is 11.1 Å². The standard InChI is InChI=1S/C27H25N9O2/c1-17-23(10-22(12-28-17)30-25(37)16-35-14-19-5-3-4-6-20(19)15-35)31-27(38)26-33-32-24-9-18(7-8-36(24)26)21-11-29-34(2)13-21/h3-13H,14-16H2,1-2H3,(H,30,37)(H,31,38). The van der Waals surface area contributed by atoms with Gasteiger partial charge in [-0.1, -0.05) is 24.3 Å². The maximum atomic E-state index is 13.1. The van der Waals surface area contributed by atoms with Crippen molar-refractivity contribution in [2.75, 3.05) is 17.2 Å². The fourth-order valence-corrected chi connectivity index (χ4v) is 4.62. The molecule has 5 heterocycles. The summed E-state index contributed by atoms with van der Waals surface area (Å²) in [6.07, 6.45) is 7.00. The molecule has 5 aromatic rings. The summed E-state index contributed by atoms with van der Waals surface area (Å²) in [5.41, 5.74) is 6.48. The van der Waals surface area contributed by atoms with E-state index in [1.54, 1.807) is 40.7 Å². The van der Waals surface area contributed by atoms with Crippen molar-refractivity contribution in [3.63, 3.8) is 0 Å². The molecule has 1 aliphatic heterocycles. The third kappa shape index (κ3) is 4.62. The molecular formula is C27H25N9O2. The molecule has 0 saturated heterocycles. The van der Waals surface area contributed by atoms with Crippen molar-refractivity contribution in [3.05, 3.63) is 89.9 Å². The van der Waals surface area contributed by atoms with Gasteiger partial charge in [-0.25, -0.2) is 0 Å². The molecule has 0 bridgehead atoms. The lowest BCUT2D eigenvalue weighted by Gasteiger charge is -2.15. The fourth-order valence-electron chi connectivity index (χ4n) is 4.62. The van der Waals surface area contributed by atoms with Gasteiger partial charge in [0, 0.05) is 38.1 Å². The van der Waals surface area contributed by atoms with Gasteiger partial charge in [0.1, 0.15) is 0 Å². The molecule has 6 rings (SSSR count). The summed E-state index contributed by atoms with van der Waals surface area (Å²) in [5.74, 6) is -0.441. The Balaban J connectivity index is 1.14. The number of fused-ring (bicyclic) bond motifs is 2. The van der Waals surface area contributed by atoms with E-state index in [0.29, 0.717) is 22.7 Å². The number of aromatic nitrogens is 6. The largest absolute Gasteiger partial charge is 0.324 e. The SMILES string of the molecule is Cc1ncc(NC(=O)CN2Cc3ccccc3C2)cc1NC(=O)c1nnc2cc(-c3cnn(C)c3)ccn12. The number of hydrogen-bond acceptors (Lipinski definition) is 7. The number of amides is 2. The minimum Gasteiger partial charge on any atom is -0.324 e. The monoisotopic (exact) mass is 507 g/mol. The molecule has 11 heteroatoms. The smallest absolute Gasteiger partial charge is 0.294 e. The second kappa shape index (κ2) is 9.52. The van der Waals surface area contributed by atoms with E-state index >= 15 is 0 Å². The van der Waals surface area contributed by atoms with Crippen molar-refractivity contribution in [2.45, 2.75) is 20.0 Å². The molecule has 38 heavy (non-hydrogen) atoms. The Hall–Kier alpha value is -4.90. The van der Waals surface area contributed by atoms with E-state index in [-0.39, 0.29) is 18.3 Å². The molecule has 0 fully saturated rings. The molecule has 1 aliphatic rings. The van der Waals surface area contributed by atoms with Crippen molar-refractivity contribution in [3.8, 4) is 11.1 Å². The van der Waals surface area contributed by atoms with E-state index in [1.807, 2.05) is 37.5 Å². The molecule has 190 valence electrons. The van der Waals surface area contributed by atoms with Gasteiger partial charge in [-0.3, -0.25) is 28.6 Å². The quantitative estimate of drug-likeness (QED) is 0.362. The number of aryl methyl sites for hydroxylation is 2. The van der Waals surface area contributed by atoms with E-state index in [0.717, 1.165) is 24.2 Å². The van der Waals surface area contributed by atoms with Crippen LogP contribution in [0.25, 0.3) is 16.8 Å². The second-order valence-electron chi connectivity index (χ2n) is 9.34. The van der Waals surface area contributed by atoms with Crippen LogP contribution in [0.3, 0.4) is 0 Å².